The molecule has 0 saturated heterocycles. The summed E-state index contributed by atoms with van der Waals surface area (Å²) in [5, 5.41) is 11.5. The lowest BCUT2D eigenvalue weighted by atomic mass is 9.95. The van der Waals surface area contributed by atoms with Crippen LogP contribution in [0.5, 0.6) is 5.75 Å². The lowest BCUT2D eigenvalue weighted by Crippen LogP contribution is -2.24. The maximum Gasteiger partial charge on any atom is 0.311 e. The number of benzene rings is 1. The molecule has 0 heterocycles. The number of aliphatic carboxylic acids is 1. The fourth-order valence-corrected chi connectivity index (χ4v) is 1.49. The van der Waals surface area contributed by atoms with E-state index in [1.165, 1.54) is 14.2 Å². The third-order valence-corrected chi connectivity index (χ3v) is 2.46. The van der Waals surface area contributed by atoms with E-state index in [-0.39, 0.29) is 12.3 Å². The Balaban J connectivity index is 2.96. The van der Waals surface area contributed by atoms with Gasteiger partial charge in [-0.2, -0.15) is 0 Å². The topological polar surface area (TPSA) is 75.6 Å². The van der Waals surface area contributed by atoms with Gasteiger partial charge in [-0.1, -0.05) is 12.1 Å². The van der Waals surface area contributed by atoms with Crippen LogP contribution in [0.15, 0.2) is 24.3 Å². The van der Waals surface area contributed by atoms with Crippen LogP contribution < -0.4 is 10.1 Å². The van der Waals surface area contributed by atoms with Crippen molar-refractivity contribution >= 4 is 11.9 Å². The highest BCUT2D eigenvalue weighted by atomic mass is 16.5. The summed E-state index contributed by atoms with van der Waals surface area (Å²) in [6, 6.07) is 6.72. The highest BCUT2D eigenvalue weighted by molar-refractivity contribution is 5.85. The molecule has 0 bridgehead atoms. The van der Waals surface area contributed by atoms with Crippen LogP contribution in [0.25, 0.3) is 0 Å². The minimum absolute atomic E-state index is 0.0843. The molecule has 0 saturated carbocycles. The van der Waals surface area contributed by atoms with Crippen LogP contribution in [0.3, 0.4) is 0 Å². The molecule has 1 aromatic rings. The van der Waals surface area contributed by atoms with Gasteiger partial charge in [-0.25, -0.2) is 0 Å². The Bertz CT molecular complexity index is 417. The minimum Gasteiger partial charge on any atom is -0.497 e. The van der Waals surface area contributed by atoms with Gasteiger partial charge in [0.1, 0.15) is 5.75 Å². The van der Waals surface area contributed by atoms with Gasteiger partial charge < -0.3 is 15.2 Å². The van der Waals surface area contributed by atoms with Crippen molar-refractivity contribution in [2.75, 3.05) is 14.2 Å². The molecular weight excluding hydrogens is 222 g/mol. The molecule has 1 aromatic carbocycles. The Morgan fingerprint density at radius 3 is 2.71 bits per heavy atom. The number of carboxylic acids is 1. The normalized spacial score (nSPS) is 11.6. The molecule has 0 aliphatic carbocycles. The van der Waals surface area contributed by atoms with E-state index in [0.717, 1.165) is 0 Å². The molecule has 92 valence electrons. The lowest BCUT2D eigenvalue weighted by molar-refractivity contribution is -0.140. The first kappa shape index (κ1) is 13.0. The largest absolute Gasteiger partial charge is 0.497 e. The SMILES string of the molecule is CNC(=O)CC(C(=O)O)c1cccc(OC)c1. The Hall–Kier alpha value is -2.04. The molecule has 1 amide bonds. The second kappa shape index (κ2) is 5.89. The summed E-state index contributed by atoms with van der Waals surface area (Å²) < 4.78 is 5.02. The molecular formula is C12H15NO4. The number of nitrogens with one attached hydrogen (secondary N) is 1. The van der Waals surface area contributed by atoms with Crippen molar-refractivity contribution in [1.82, 2.24) is 5.32 Å². The van der Waals surface area contributed by atoms with Crippen LogP contribution >= 0.6 is 0 Å². The number of amides is 1. The summed E-state index contributed by atoms with van der Waals surface area (Å²) in [6.45, 7) is 0. The van der Waals surface area contributed by atoms with Crippen LogP contribution in [-0.4, -0.2) is 31.1 Å². The first-order valence-corrected chi connectivity index (χ1v) is 5.15. The van der Waals surface area contributed by atoms with E-state index in [0.29, 0.717) is 11.3 Å². The van der Waals surface area contributed by atoms with Crippen molar-refractivity contribution in [3.63, 3.8) is 0 Å². The Labute approximate surface area is 99.4 Å². The third kappa shape index (κ3) is 3.48. The average Bonchev–Trinajstić information content (AvgIpc) is 2.35. The number of carbonyl (C=O) groups is 2. The van der Waals surface area contributed by atoms with Crippen molar-refractivity contribution in [2.24, 2.45) is 0 Å². The lowest BCUT2D eigenvalue weighted by Gasteiger charge is -2.12. The van der Waals surface area contributed by atoms with Gasteiger partial charge in [0.2, 0.25) is 5.91 Å². The molecule has 0 fully saturated rings. The molecule has 5 nitrogen and oxygen atoms in total. The fraction of sp³-hybridized carbons (Fsp3) is 0.333. The average molecular weight is 237 g/mol. The Morgan fingerprint density at radius 2 is 2.18 bits per heavy atom. The highest BCUT2D eigenvalue weighted by Gasteiger charge is 2.23. The number of ether oxygens (including phenoxy) is 1. The minimum atomic E-state index is -1.03. The Kier molecular flexibility index (Phi) is 4.51. The maximum atomic E-state index is 11.2. The molecule has 17 heavy (non-hydrogen) atoms. The van der Waals surface area contributed by atoms with Crippen LogP contribution in [-0.2, 0) is 9.59 Å². The van der Waals surface area contributed by atoms with Gasteiger partial charge in [0.05, 0.1) is 13.0 Å². The van der Waals surface area contributed by atoms with E-state index < -0.39 is 11.9 Å². The number of carbonyl (C=O) groups excluding carboxylic acids is 1. The predicted octanol–water partition coefficient (Wildman–Crippen LogP) is 0.999. The van der Waals surface area contributed by atoms with E-state index >= 15 is 0 Å². The number of hydrogen-bond donors (Lipinski definition) is 2. The van der Waals surface area contributed by atoms with Gasteiger partial charge in [-0.05, 0) is 17.7 Å². The van der Waals surface area contributed by atoms with Crippen molar-refractivity contribution in [3.05, 3.63) is 29.8 Å². The number of rotatable bonds is 5. The summed E-state index contributed by atoms with van der Waals surface area (Å²) in [5.41, 5.74) is 0.556. The monoisotopic (exact) mass is 237 g/mol. The highest BCUT2D eigenvalue weighted by Crippen LogP contribution is 2.23. The van der Waals surface area contributed by atoms with E-state index in [2.05, 4.69) is 5.32 Å². The number of hydrogen-bond acceptors (Lipinski definition) is 3. The van der Waals surface area contributed by atoms with E-state index in [1.54, 1.807) is 24.3 Å². The van der Waals surface area contributed by atoms with E-state index in [1.807, 2.05) is 0 Å². The van der Waals surface area contributed by atoms with Crippen LogP contribution in [0, 0.1) is 0 Å². The van der Waals surface area contributed by atoms with Gasteiger partial charge in [0.15, 0.2) is 0 Å². The molecule has 1 rings (SSSR count). The molecule has 1 unspecified atom stereocenters. The quantitative estimate of drug-likeness (QED) is 0.801. The van der Waals surface area contributed by atoms with Crippen molar-refractivity contribution in [1.29, 1.82) is 0 Å². The van der Waals surface area contributed by atoms with Crippen LogP contribution in [0.4, 0.5) is 0 Å². The first-order valence-electron chi connectivity index (χ1n) is 5.15. The molecule has 0 radical (unpaired) electrons. The zero-order valence-electron chi connectivity index (χ0n) is 9.77. The van der Waals surface area contributed by atoms with E-state index in [9.17, 15) is 9.59 Å². The zero-order chi connectivity index (χ0) is 12.8. The van der Waals surface area contributed by atoms with Gasteiger partial charge >= 0.3 is 5.97 Å². The second-order valence-electron chi connectivity index (χ2n) is 3.54. The molecule has 0 spiro atoms. The number of methoxy groups -OCH3 is 1. The molecule has 2 N–H and O–H groups in total. The molecule has 1 atom stereocenters. The summed E-state index contributed by atoms with van der Waals surface area (Å²) in [5.74, 6) is -1.61. The predicted molar refractivity (Wildman–Crippen MR) is 62.1 cm³/mol. The van der Waals surface area contributed by atoms with E-state index in [4.69, 9.17) is 9.84 Å². The standard InChI is InChI=1S/C12H15NO4/c1-13-11(14)7-10(12(15)16)8-4-3-5-9(6-8)17-2/h3-6,10H,7H2,1-2H3,(H,13,14)(H,15,16). The third-order valence-electron chi connectivity index (χ3n) is 2.46. The summed E-state index contributed by atoms with van der Waals surface area (Å²) in [4.78, 5) is 22.4. The summed E-state index contributed by atoms with van der Waals surface area (Å²) >= 11 is 0. The van der Waals surface area contributed by atoms with Gasteiger partial charge in [0.25, 0.3) is 0 Å². The smallest absolute Gasteiger partial charge is 0.311 e. The summed E-state index contributed by atoms with van der Waals surface area (Å²) in [7, 11) is 2.99. The number of carboxylic acid groups (broad SMARTS) is 1. The first-order chi connectivity index (χ1) is 8.08. The van der Waals surface area contributed by atoms with Crippen LogP contribution in [0.2, 0.25) is 0 Å². The molecule has 0 aliphatic rings. The van der Waals surface area contributed by atoms with Crippen LogP contribution in [0.1, 0.15) is 17.9 Å². The fourth-order valence-electron chi connectivity index (χ4n) is 1.49. The molecule has 0 aromatic heterocycles. The second-order valence-corrected chi connectivity index (χ2v) is 3.54. The Morgan fingerprint density at radius 1 is 1.47 bits per heavy atom. The summed E-state index contributed by atoms with van der Waals surface area (Å²) in [6.07, 6.45) is -0.0843. The van der Waals surface area contributed by atoms with Crippen molar-refractivity contribution in [2.45, 2.75) is 12.3 Å². The molecule has 5 heteroatoms. The van der Waals surface area contributed by atoms with Crippen molar-refractivity contribution in [3.8, 4) is 5.75 Å². The maximum absolute atomic E-state index is 11.2. The van der Waals surface area contributed by atoms with Gasteiger partial charge in [0, 0.05) is 13.5 Å². The van der Waals surface area contributed by atoms with Gasteiger partial charge in [-0.3, -0.25) is 9.59 Å². The van der Waals surface area contributed by atoms with Gasteiger partial charge in [-0.15, -0.1) is 0 Å². The molecule has 0 aliphatic heterocycles. The zero-order valence-corrected chi connectivity index (χ0v) is 9.77. The van der Waals surface area contributed by atoms with Crippen molar-refractivity contribution < 1.29 is 19.4 Å².